The smallest absolute Gasteiger partial charge is 0.421 e. The number of carbonyl (C=O) groups excluding carboxylic acids is 1. The lowest BCUT2D eigenvalue weighted by molar-refractivity contribution is -0.137. The summed E-state index contributed by atoms with van der Waals surface area (Å²) in [5, 5.41) is 9.31. The molecule has 0 radical (unpaired) electrons. The van der Waals surface area contributed by atoms with Gasteiger partial charge in [-0.2, -0.15) is 18.2 Å². The minimum Gasteiger partial charge on any atom is -0.490 e. The summed E-state index contributed by atoms with van der Waals surface area (Å²) in [4.78, 5) is 21.6. The highest BCUT2D eigenvalue weighted by Crippen LogP contribution is 2.35. The lowest BCUT2D eigenvalue weighted by Gasteiger charge is -2.26. The Morgan fingerprint density at radius 2 is 2.03 bits per heavy atom. The number of carbonyl (C=O) groups is 1. The van der Waals surface area contributed by atoms with Gasteiger partial charge in [-0.15, -0.1) is 0 Å². The zero-order valence-corrected chi connectivity index (χ0v) is 20.6. The van der Waals surface area contributed by atoms with E-state index in [9.17, 15) is 18.0 Å². The first-order valence-electron chi connectivity index (χ1n) is 12.2. The van der Waals surface area contributed by atoms with Crippen molar-refractivity contribution in [1.82, 2.24) is 20.2 Å². The highest BCUT2D eigenvalue weighted by Gasteiger charge is 2.35. The number of amides is 1. The maximum atomic E-state index is 13.6. The van der Waals surface area contributed by atoms with Gasteiger partial charge >= 0.3 is 6.18 Å². The van der Waals surface area contributed by atoms with Gasteiger partial charge in [0.1, 0.15) is 23.2 Å². The van der Waals surface area contributed by atoms with Crippen LogP contribution in [0.4, 0.5) is 30.6 Å². The molecular formula is C24H30ClF3N6O2. The van der Waals surface area contributed by atoms with E-state index in [4.69, 9.17) is 16.3 Å². The number of ether oxygens (including phenoxy) is 1. The van der Waals surface area contributed by atoms with Crippen LogP contribution in [0.1, 0.15) is 44.1 Å². The van der Waals surface area contributed by atoms with Crippen molar-refractivity contribution >= 4 is 35.0 Å². The Bertz CT molecular complexity index is 1050. The molecule has 3 N–H and O–H groups in total. The molecule has 36 heavy (non-hydrogen) atoms. The second kappa shape index (κ2) is 12.0. The van der Waals surface area contributed by atoms with Crippen molar-refractivity contribution in [3.05, 3.63) is 35.0 Å². The molecule has 0 bridgehead atoms. The van der Waals surface area contributed by atoms with E-state index in [1.807, 2.05) is 0 Å². The fourth-order valence-corrected chi connectivity index (χ4v) is 4.42. The number of nitrogens with one attached hydrogen (secondary N) is 3. The molecule has 2 saturated heterocycles. The average molecular weight is 527 g/mol. The van der Waals surface area contributed by atoms with Gasteiger partial charge in [0.15, 0.2) is 0 Å². The minimum absolute atomic E-state index is 0.0300. The Hall–Kier alpha value is -2.79. The summed E-state index contributed by atoms with van der Waals surface area (Å²) in [6, 6.07) is 5.10. The van der Waals surface area contributed by atoms with Crippen molar-refractivity contribution in [2.75, 3.05) is 43.4 Å². The Morgan fingerprint density at radius 1 is 1.22 bits per heavy atom. The third-order valence-corrected chi connectivity index (χ3v) is 6.52. The van der Waals surface area contributed by atoms with Crippen LogP contribution in [0.25, 0.3) is 0 Å². The van der Waals surface area contributed by atoms with Crippen molar-refractivity contribution in [3.63, 3.8) is 0 Å². The van der Waals surface area contributed by atoms with Crippen LogP contribution in [0.15, 0.2) is 24.4 Å². The number of likely N-dealkylation sites (tertiary alicyclic amines) is 1. The van der Waals surface area contributed by atoms with Crippen LogP contribution < -0.4 is 20.7 Å². The topological polar surface area (TPSA) is 91.4 Å². The van der Waals surface area contributed by atoms with E-state index < -0.39 is 11.7 Å². The normalized spacial score (nSPS) is 17.2. The summed E-state index contributed by atoms with van der Waals surface area (Å²) in [7, 11) is 0. The van der Waals surface area contributed by atoms with Crippen LogP contribution in [0, 0.1) is 0 Å². The predicted octanol–water partition coefficient (Wildman–Crippen LogP) is 4.84. The van der Waals surface area contributed by atoms with E-state index in [0.29, 0.717) is 42.4 Å². The Labute approximate surface area is 213 Å². The van der Waals surface area contributed by atoms with Gasteiger partial charge in [0.2, 0.25) is 11.9 Å². The third-order valence-electron chi connectivity index (χ3n) is 6.19. The van der Waals surface area contributed by atoms with E-state index in [1.54, 1.807) is 23.1 Å². The first kappa shape index (κ1) is 26.3. The molecule has 3 heterocycles. The van der Waals surface area contributed by atoms with Crippen LogP contribution >= 0.6 is 11.6 Å². The zero-order chi connectivity index (χ0) is 25.5. The molecule has 2 fully saturated rings. The number of aromatic nitrogens is 2. The molecular weight excluding hydrogens is 497 g/mol. The highest BCUT2D eigenvalue weighted by atomic mass is 35.5. The van der Waals surface area contributed by atoms with E-state index >= 15 is 0 Å². The molecule has 0 unspecified atom stereocenters. The molecule has 1 aromatic carbocycles. The standard InChI is InChI=1S/C24H30ClF3N6O2/c25-19-6-5-17(36-16-7-10-29-11-8-16)14-20(19)32-23-31-15-18(24(26,27)28)22(33-23)30-9-3-13-34-12-2-1-4-21(34)35/h5-6,14-16,29H,1-4,7-13H2,(H2,30,31,32,33). The van der Waals surface area contributed by atoms with E-state index in [1.165, 1.54) is 0 Å². The molecule has 1 aromatic heterocycles. The third kappa shape index (κ3) is 7.13. The van der Waals surface area contributed by atoms with Crippen LogP contribution in [-0.2, 0) is 11.0 Å². The number of piperidine rings is 2. The Morgan fingerprint density at radius 3 is 2.78 bits per heavy atom. The number of benzene rings is 1. The van der Waals surface area contributed by atoms with Crippen LogP contribution in [-0.4, -0.2) is 59.6 Å². The van der Waals surface area contributed by atoms with Crippen molar-refractivity contribution in [2.24, 2.45) is 0 Å². The lowest BCUT2D eigenvalue weighted by atomic mass is 10.1. The molecule has 196 valence electrons. The maximum absolute atomic E-state index is 13.6. The molecule has 2 aliphatic heterocycles. The Kier molecular flexibility index (Phi) is 8.73. The molecule has 0 atom stereocenters. The van der Waals surface area contributed by atoms with Crippen LogP contribution in [0.5, 0.6) is 5.75 Å². The largest absolute Gasteiger partial charge is 0.490 e. The van der Waals surface area contributed by atoms with Gasteiger partial charge in [0, 0.05) is 38.3 Å². The summed E-state index contributed by atoms with van der Waals surface area (Å²) in [5.74, 6) is 0.334. The lowest BCUT2D eigenvalue weighted by Crippen LogP contribution is -2.36. The monoisotopic (exact) mass is 526 g/mol. The number of halogens is 4. The zero-order valence-electron chi connectivity index (χ0n) is 19.8. The van der Waals surface area contributed by atoms with Crippen molar-refractivity contribution in [1.29, 1.82) is 0 Å². The molecule has 12 heteroatoms. The summed E-state index contributed by atoms with van der Waals surface area (Å²) >= 11 is 6.31. The maximum Gasteiger partial charge on any atom is 0.421 e. The first-order chi connectivity index (χ1) is 17.3. The SMILES string of the molecule is O=C1CCCCN1CCCNc1nc(Nc2cc(OC3CCNCC3)ccc2Cl)ncc1C(F)(F)F. The molecule has 0 spiro atoms. The summed E-state index contributed by atoms with van der Waals surface area (Å²) in [6.45, 7) is 3.17. The van der Waals surface area contributed by atoms with E-state index in [-0.39, 0.29) is 30.3 Å². The first-order valence-corrected chi connectivity index (χ1v) is 12.6. The number of anilines is 3. The number of alkyl halides is 3. The van der Waals surface area contributed by atoms with E-state index in [0.717, 1.165) is 45.0 Å². The molecule has 0 aliphatic carbocycles. The number of hydrogen-bond acceptors (Lipinski definition) is 7. The van der Waals surface area contributed by atoms with Crippen molar-refractivity contribution in [2.45, 2.75) is 50.8 Å². The van der Waals surface area contributed by atoms with Gasteiger partial charge in [-0.1, -0.05) is 11.6 Å². The van der Waals surface area contributed by atoms with Gasteiger partial charge in [0.25, 0.3) is 0 Å². The molecule has 2 aromatic rings. The molecule has 1 amide bonds. The van der Waals surface area contributed by atoms with Crippen LogP contribution in [0.2, 0.25) is 5.02 Å². The van der Waals surface area contributed by atoms with Gasteiger partial charge in [-0.25, -0.2) is 4.98 Å². The van der Waals surface area contributed by atoms with Crippen molar-refractivity contribution in [3.8, 4) is 5.75 Å². The number of nitrogens with zero attached hydrogens (tertiary/aromatic N) is 3. The average Bonchev–Trinajstić information content (AvgIpc) is 2.85. The molecule has 0 saturated carbocycles. The van der Waals surface area contributed by atoms with Gasteiger partial charge < -0.3 is 25.6 Å². The Balaban J connectivity index is 1.43. The van der Waals surface area contributed by atoms with Crippen LogP contribution in [0.3, 0.4) is 0 Å². The molecule has 4 rings (SSSR count). The quantitative estimate of drug-likeness (QED) is 0.403. The fraction of sp³-hybridized carbons (Fsp3) is 0.542. The summed E-state index contributed by atoms with van der Waals surface area (Å²) in [6.07, 6.45) is 0.832. The predicted molar refractivity (Wildman–Crippen MR) is 132 cm³/mol. The molecule has 8 nitrogen and oxygen atoms in total. The van der Waals surface area contributed by atoms with Gasteiger partial charge in [-0.05, 0) is 57.3 Å². The number of rotatable bonds is 9. The summed E-state index contributed by atoms with van der Waals surface area (Å²) in [5.41, 5.74) is -0.534. The van der Waals surface area contributed by atoms with E-state index in [2.05, 4.69) is 25.9 Å². The number of hydrogen-bond donors (Lipinski definition) is 3. The summed E-state index contributed by atoms with van der Waals surface area (Å²) < 4.78 is 46.7. The van der Waals surface area contributed by atoms with Gasteiger partial charge in [-0.3, -0.25) is 4.79 Å². The fourth-order valence-electron chi connectivity index (χ4n) is 4.26. The second-order valence-corrected chi connectivity index (χ2v) is 9.31. The van der Waals surface area contributed by atoms with Crippen molar-refractivity contribution < 1.29 is 22.7 Å². The van der Waals surface area contributed by atoms with Gasteiger partial charge in [0.05, 0.1) is 10.7 Å². The highest BCUT2D eigenvalue weighted by molar-refractivity contribution is 6.33. The minimum atomic E-state index is -4.62. The second-order valence-electron chi connectivity index (χ2n) is 8.91. The molecule has 2 aliphatic rings.